The lowest BCUT2D eigenvalue weighted by atomic mass is 10.0. The lowest BCUT2D eigenvalue weighted by Gasteiger charge is -2.33. The van der Waals surface area contributed by atoms with Crippen molar-refractivity contribution >= 4 is 41.3 Å². The summed E-state index contributed by atoms with van der Waals surface area (Å²) in [4.78, 5) is 11.9. The van der Waals surface area contributed by atoms with E-state index in [4.69, 9.17) is 4.99 Å². The van der Waals surface area contributed by atoms with Crippen LogP contribution in [-0.2, 0) is 13.0 Å². The average Bonchev–Trinajstić information content (AvgIpc) is 3.15. The molecule has 0 saturated carbocycles. The number of hydrogen-bond acceptors (Lipinski definition) is 4. The van der Waals surface area contributed by atoms with Crippen molar-refractivity contribution in [2.24, 2.45) is 4.99 Å². The van der Waals surface area contributed by atoms with Gasteiger partial charge in [0.05, 0.1) is 5.01 Å². The molecule has 1 aliphatic heterocycles. The second kappa shape index (κ2) is 14.0. The Balaban J connectivity index is 0.00000320. The van der Waals surface area contributed by atoms with Gasteiger partial charge in [-0.05, 0) is 51.5 Å². The normalized spacial score (nSPS) is 15.6. The van der Waals surface area contributed by atoms with Crippen LogP contribution in [0.2, 0.25) is 0 Å². The van der Waals surface area contributed by atoms with Gasteiger partial charge in [-0.3, -0.25) is 9.89 Å². The number of nitrogens with one attached hydrogen (secondary N) is 2. The third-order valence-electron chi connectivity index (χ3n) is 5.26. The maximum Gasteiger partial charge on any atom is 0.191 e. The average molecular weight is 542 g/mol. The smallest absolute Gasteiger partial charge is 0.191 e. The third kappa shape index (κ3) is 8.89. The Kier molecular flexibility index (Phi) is 11.7. The van der Waals surface area contributed by atoms with Crippen molar-refractivity contribution in [2.45, 2.75) is 58.5 Å². The van der Waals surface area contributed by atoms with Crippen molar-refractivity contribution in [3.8, 4) is 0 Å². The van der Waals surface area contributed by atoms with Gasteiger partial charge in [0.15, 0.2) is 5.96 Å². The number of hydrogen-bond donors (Lipinski definition) is 2. The first-order valence-electron chi connectivity index (χ1n) is 10.9. The van der Waals surface area contributed by atoms with Crippen LogP contribution in [0, 0.1) is 6.92 Å². The van der Waals surface area contributed by atoms with E-state index in [-0.39, 0.29) is 24.0 Å². The third-order valence-corrected chi connectivity index (χ3v) is 6.28. The summed E-state index contributed by atoms with van der Waals surface area (Å²) < 4.78 is 0. The number of piperidine rings is 1. The topological polar surface area (TPSA) is 52.6 Å². The van der Waals surface area contributed by atoms with Crippen LogP contribution in [0.25, 0.3) is 0 Å². The minimum Gasteiger partial charge on any atom is -0.357 e. The molecule has 1 saturated heterocycles. The fourth-order valence-corrected chi connectivity index (χ4v) is 4.51. The second-order valence-corrected chi connectivity index (χ2v) is 8.72. The summed E-state index contributed by atoms with van der Waals surface area (Å²) >= 11 is 1.77. The van der Waals surface area contributed by atoms with Gasteiger partial charge in [-0.1, -0.05) is 30.3 Å². The van der Waals surface area contributed by atoms with Crippen molar-refractivity contribution in [3.63, 3.8) is 0 Å². The largest absolute Gasteiger partial charge is 0.357 e. The van der Waals surface area contributed by atoms with Crippen molar-refractivity contribution in [3.05, 3.63) is 52.0 Å². The highest BCUT2D eigenvalue weighted by molar-refractivity contribution is 14.0. The first-order chi connectivity index (χ1) is 14.2. The minimum absolute atomic E-state index is 0. The van der Waals surface area contributed by atoms with Crippen molar-refractivity contribution < 1.29 is 0 Å². The molecule has 1 aromatic carbocycles. The number of unbranched alkanes of at least 4 members (excludes halogenated alkanes) is 1. The van der Waals surface area contributed by atoms with Crippen molar-refractivity contribution in [1.82, 2.24) is 20.5 Å². The molecule has 0 aliphatic carbocycles. The second-order valence-electron chi connectivity index (χ2n) is 7.78. The Bertz CT molecular complexity index is 741. The van der Waals surface area contributed by atoms with Crippen molar-refractivity contribution in [1.29, 1.82) is 0 Å². The number of thiazole rings is 1. The Morgan fingerprint density at radius 3 is 2.63 bits per heavy atom. The summed E-state index contributed by atoms with van der Waals surface area (Å²) in [6.45, 7) is 9.29. The number of guanidine groups is 1. The highest BCUT2D eigenvalue weighted by atomic mass is 127. The number of nitrogens with zero attached hydrogens (tertiary/aromatic N) is 3. The number of aromatic nitrogens is 1. The predicted molar refractivity (Wildman–Crippen MR) is 139 cm³/mol. The number of aryl methyl sites for hydroxylation is 2. The van der Waals surface area contributed by atoms with E-state index in [1.165, 1.54) is 23.4 Å². The molecule has 7 heteroatoms. The van der Waals surface area contributed by atoms with E-state index in [1.807, 2.05) is 0 Å². The molecule has 0 bridgehead atoms. The number of likely N-dealkylation sites (tertiary alicyclic amines) is 1. The van der Waals surface area contributed by atoms with Crippen LogP contribution in [-0.4, -0.2) is 48.1 Å². The van der Waals surface area contributed by atoms with Crippen LogP contribution in [0.4, 0.5) is 0 Å². The lowest BCUT2D eigenvalue weighted by Crippen LogP contribution is -2.48. The van der Waals surface area contributed by atoms with Crippen LogP contribution in [0.15, 0.2) is 40.7 Å². The molecule has 0 radical (unpaired) electrons. The standard InChI is InChI=1S/C23H35N5S.HI/c1-3-24-23(25-14-8-7-11-22-26-19(2)18-29-22)27-21-12-15-28(16-13-21)17-20-9-5-4-6-10-20;/h4-6,9-10,18,21H,3,7-8,11-17H2,1-2H3,(H2,24,25,27);1H. The molecule has 30 heavy (non-hydrogen) atoms. The number of aliphatic imine (C=N–C) groups is 1. The zero-order chi connectivity index (χ0) is 20.3. The summed E-state index contributed by atoms with van der Waals surface area (Å²) in [5, 5.41) is 10.4. The summed E-state index contributed by atoms with van der Waals surface area (Å²) in [5.41, 5.74) is 2.54. The van der Waals surface area contributed by atoms with Crippen LogP contribution < -0.4 is 10.6 Å². The number of rotatable bonds is 9. The maximum absolute atomic E-state index is 4.79. The van der Waals surface area contributed by atoms with E-state index in [9.17, 15) is 0 Å². The molecular formula is C23H36IN5S. The highest BCUT2D eigenvalue weighted by Crippen LogP contribution is 2.14. The molecule has 1 aliphatic rings. The molecule has 166 valence electrons. The summed E-state index contributed by atoms with van der Waals surface area (Å²) in [5.74, 6) is 0.971. The van der Waals surface area contributed by atoms with Gasteiger partial charge in [-0.25, -0.2) is 4.98 Å². The number of benzene rings is 1. The van der Waals surface area contributed by atoms with Gasteiger partial charge >= 0.3 is 0 Å². The van der Waals surface area contributed by atoms with Gasteiger partial charge in [0.2, 0.25) is 0 Å². The van der Waals surface area contributed by atoms with Gasteiger partial charge in [0, 0.05) is 49.8 Å². The summed E-state index contributed by atoms with van der Waals surface area (Å²) in [6, 6.07) is 11.3. The van der Waals surface area contributed by atoms with Gasteiger partial charge in [0.25, 0.3) is 0 Å². The van der Waals surface area contributed by atoms with Gasteiger partial charge in [-0.15, -0.1) is 35.3 Å². The van der Waals surface area contributed by atoms with E-state index in [1.54, 1.807) is 11.3 Å². The molecule has 0 atom stereocenters. The Labute approximate surface area is 202 Å². The molecule has 0 unspecified atom stereocenters. The molecule has 5 nitrogen and oxygen atoms in total. The van der Waals surface area contributed by atoms with Gasteiger partial charge in [0.1, 0.15) is 0 Å². The molecule has 1 aromatic heterocycles. The van der Waals surface area contributed by atoms with E-state index < -0.39 is 0 Å². The SMILES string of the molecule is CCNC(=NCCCCc1nc(C)cs1)NC1CCN(Cc2ccccc2)CC1.I. The zero-order valence-electron chi connectivity index (χ0n) is 18.3. The Hall–Kier alpha value is -1.19. The van der Waals surface area contributed by atoms with Crippen LogP contribution >= 0.6 is 35.3 Å². The lowest BCUT2D eigenvalue weighted by molar-refractivity contribution is 0.198. The Morgan fingerprint density at radius 2 is 1.97 bits per heavy atom. The van der Waals surface area contributed by atoms with Gasteiger partial charge < -0.3 is 10.6 Å². The quantitative estimate of drug-likeness (QED) is 0.211. The van der Waals surface area contributed by atoms with E-state index in [2.05, 4.69) is 70.1 Å². The maximum atomic E-state index is 4.79. The van der Waals surface area contributed by atoms with E-state index >= 15 is 0 Å². The molecule has 2 aromatic rings. The van der Waals surface area contributed by atoms with E-state index in [0.717, 1.165) is 63.6 Å². The molecule has 0 amide bonds. The fourth-order valence-electron chi connectivity index (χ4n) is 3.69. The van der Waals surface area contributed by atoms with Crippen LogP contribution in [0.3, 0.4) is 0 Å². The van der Waals surface area contributed by atoms with Gasteiger partial charge in [-0.2, -0.15) is 0 Å². The highest BCUT2D eigenvalue weighted by Gasteiger charge is 2.19. The molecular weight excluding hydrogens is 505 g/mol. The zero-order valence-corrected chi connectivity index (χ0v) is 21.4. The molecule has 1 fully saturated rings. The monoisotopic (exact) mass is 541 g/mol. The van der Waals surface area contributed by atoms with Crippen LogP contribution in [0.5, 0.6) is 0 Å². The summed E-state index contributed by atoms with van der Waals surface area (Å²) in [6.07, 6.45) is 5.65. The predicted octanol–water partition coefficient (Wildman–Crippen LogP) is 4.61. The van der Waals surface area contributed by atoms with E-state index in [0.29, 0.717) is 6.04 Å². The summed E-state index contributed by atoms with van der Waals surface area (Å²) in [7, 11) is 0. The molecule has 2 heterocycles. The van der Waals surface area contributed by atoms with Crippen molar-refractivity contribution in [2.75, 3.05) is 26.2 Å². The molecule has 3 rings (SSSR count). The minimum atomic E-state index is 0. The molecule has 0 spiro atoms. The first-order valence-corrected chi connectivity index (χ1v) is 11.8. The number of halogens is 1. The van der Waals surface area contributed by atoms with Crippen LogP contribution in [0.1, 0.15) is 48.9 Å². The molecule has 2 N–H and O–H groups in total. The fraction of sp³-hybridized carbons (Fsp3) is 0.565. The Morgan fingerprint density at radius 1 is 1.20 bits per heavy atom. The first kappa shape index (κ1) is 25.1.